The Hall–Kier alpha value is -1.61. The molecule has 1 heterocycles. The molecular weight excluding hydrogens is 398 g/mol. The molecule has 6 nitrogen and oxygen atoms in total. The molecular formula is C17H18ClNO5S2. The van der Waals surface area contributed by atoms with Crippen LogP contribution in [-0.2, 0) is 19.9 Å². The quantitative estimate of drug-likeness (QED) is 0.749. The van der Waals surface area contributed by atoms with Crippen LogP contribution in [0.1, 0.15) is 5.56 Å². The molecule has 1 aliphatic rings. The van der Waals surface area contributed by atoms with E-state index in [0.29, 0.717) is 16.3 Å². The summed E-state index contributed by atoms with van der Waals surface area (Å²) in [5.41, 5.74) is 0.454. The summed E-state index contributed by atoms with van der Waals surface area (Å²) in [6.07, 6.45) is 0. The Morgan fingerprint density at radius 1 is 1.04 bits per heavy atom. The molecule has 0 unspecified atom stereocenters. The van der Waals surface area contributed by atoms with E-state index in [1.165, 1.54) is 25.3 Å². The van der Waals surface area contributed by atoms with Gasteiger partial charge in [-0.1, -0.05) is 17.7 Å². The van der Waals surface area contributed by atoms with Crippen LogP contribution in [0.3, 0.4) is 0 Å². The third-order valence-corrected chi connectivity index (χ3v) is 8.97. The highest BCUT2D eigenvalue weighted by atomic mass is 35.5. The maximum absolute atomic E-state index is 12.7. The maximum Gasteiger partial charge on any atom is 0.243 e. The highest BCUT2D eigenvalue weighted by Gasteiger charge is 2.44. The highest BCUT2D eigenvalue weighted by Crippen LogP contribution is 2.32. The van der Waals surface area contributed by atoms with Crippen molar-refractivity contribution in [3.05, 3.63) is 53.1 Å². The Balaban J connectivity index is 1.80. The smallest absolute Gasteiger partial charge is 0.243 e. The monoisotopic (exact) mass is 415 g/mol. The first-order chi connectivity index (χ1) is 12.2. The standard InChI is InChI=1S/C17H18ClNO5S2/c1-12-16(18)4-3-5-17(12)26(22,23)19-10-15(11-19)25(20,21)14-8-6-13(24-2)7-9-14/h3-9,15H,10-11H2,1-2H3. The number of halogens is 1. The normalized spacial score (nSPS) is 16.3. The van der Waals surface area contributed by atoms with Crippen LogP contribution in [-0.4, -0.2) is 46.6 Å². The van der Waals surface area contributed by atoms with Gasteiger partial charge in [-0.15, -0.1) is 0 Å². The molecule has 0 aliphatic carbocycles. The van der Waals surface area contributed by atoms with Gasteiger partial charge in [0.15, 0.2) is 9.84 Å². The minimum Gasteiger partial charge on any atom is -0.497 e. The fraction of sp³-hybridized carbons (Fsp3) is 0.294. The van der Waals surface area contributed by atoms with E-state index in [4.69, 9.17) is 16.3 Å². The van der Waals surface area contributed by atoms with Crippen molar-refractivity contribution in [2.24, 2.45) is 0 Å². The van der Waals surface area contributed by atoms with Crippen LogP contribution in [0, 0.1) is 6.92 Å². The zero-order chi connectivity index (χ0) is 19.1. The molecule has 0 radical (unpaired) electrons. The van der Waals surface area contributed by atoms with Crippen LogP contribution in [0.2, 0.25) is 5.02 Å². The number of ether oxygens (including phenoxy) is 1. The lowest BCUT2D eigenvalue weighted by atomic mass is 10.2. The summed E-state index contributed by atoms with van der Waals surface area (Å²) in [7, 11) is -5.89. The number of hydrogen-bond acceptors (Lipinski definition) is 5. The Kier molecular flexibility index (Phi) is 5.04. The maximum atomic E-state index is 12.7. The predicted octanol–water partition coefficient (Wildman–Crippen LogP) is 2.50. The summed E-state index contributed by atoms with van der Waals surface area (Å²) in [5.74, 6) is 0.554. The van der Waals surface area contributed by atoms with Crippen molar-refractivity contribution in [3.63, 3.8) is 0 Å². The molecule has 0 aromatic heterocycles. The first-order valence-corrected chi connectivity index (χ1v) is 11.2. The van der Waals surface area contributed by atoms with Crippen molar-refractivity contribution in [1.29, 1.82) is 0 Å². The van der Waals surface area contributed by atoms with Crippen LogP contribution in [0.5, 0.6) is 5.75 Å². The van der Waals surface area contributed by atoms with E-state index in [0.717, 1.165) is 4.31 Å². The molecule has 9 heteroatoms. The summed E-state index contributed by atoms with van der Waals surface area (Å²) >= 11 is 6.00. The van der Waals surface area contributed by atoms with Crippen LogP contribution < -0.4 is 4.74 Å². The predicted molar refractivity (Wildman–Crippen MR) is 98.9 cm³/mol. The fourth-order valence-electron chi connectivity index (χ4n) is 2.76. The molecule has 26 heavy (non-hydrogen) atoms. The Morgan fingerprint density at radius 2 is 1.65 bits per heavy atom. The molecule has 2 aromatic rings. The molecule has 140 valence electrons. The summed E-state index contributed by atoms with van der Waals surface area (Å²) in [6, 6.07) is 10.7. The summed E-state index contributed by atoms with van der Waals surface area (Å²) < 4.78 is 57.0. The molecule has 1 aliphatic heterocycles. The van der Waals surface area contributed by atoms with Gasteiger partial charge in [-0.3, -0.25) is 0 Å². The van der Waals surface area contributed by atoms with E-state index in [1.54, 1.807) is 31.2 Å². The van der Waals surface area contributed by atoms with Crippen LogP contribution in [0.15, 0.2) is 52.3 Å². The second-order valence-corrected chi connectivity index (χ2v) is 10.6. The molecule has 2 aromatic carbocycles. The topological polar surface area (TPSA) is 80.8 Å². The average molecular weight is 416 g/mol. The second-order valence-electron chi connectivity index (χ2n) is 6.03. The van der Waals surface area contributed by atoms with Crippen LogP contribution in [0.25, 0.3) is 0 Å². The van der Waals surface area contributed by atoms with Crippen molar-refractivity contribution in [2.45, 2.75) is 22.0 Å². The van der Waals surface area contributed by atoms with Gasteiger partial charge >= 0.3 is 0 Å². The van der Waals surface area contributed by atoms with E-state index < -0.39 is 25.1 Å². The van der Waals surface area contributed by atoms with Gasteiger partial charge < -0.3 is 4.74 Å². The minimum absolute atomic E-state index is 0.0807. The van der Waals surface area contributed by atoms with E-state index in [9.17, 15) is 16.8 Å². The van der Waals surface area contributed by atoms with Gasteiger partial charge in [0, 0.05) is 18.1 Å². The number of nitrogens with zero attached hydrogens (tertiary/aromatic N) is 1. The Morgan fingerprint density at radius 3 is 2.23 bits per heavy atom. The molecule has 0 spiro atoms. The average Bonchev–Trinajstić information content (AvgIpc) is 2.55. The number of methoxy groups -OCH3 is 1. The molecule has 0 saturated carbocycles. The van der Waals surface area contributed by atoms with Crippen molar-refractivity contribution in [2.75, 3.05) is 20.2 Å². The van der Waals surface area contributed by atoms with Gasteiger partial charge in [-0.2, -0.15) is 4.31 Å². The molecule has 0 N–H and O–H groups in total. The van der Waals surface area contributed by atoms with E-state index in [-0.39, 0.29) is 22.9 Å². The van der Waals surface area contributed by atoms with Crippen molar-refractivity contribution < 1.29 is 21.6 Å². The molecule has 0 bridgehead atoms. The SMILES string of the molecule is COc1ccc(S(=O)(=O)C2CN(S(=O)(=O)c3cccc(Cl)c3C)C2)cc1. The lowest BCUT2D eigenvalue weighted by Gasteiger charge is -2.37. The third-order valence-electron chi connectivity index (χ3n) is 4.48. The van der Waals surface area contributed by atoms with Gasteiger partial charge in [-0.05, 0) is 48.9 Å². The lowest BCUT2D eigenvalue weighted by molar-refractivity contribution is 0.309. The van der Waals surface area contributed by atoms with Crippen LogP contribution >= 0.6 is 11.6 Å². The van der Waals surface area contributed by atoms with E-state index in [2.05, 4.69) is 0 Å². The number of rotatable bonds is 5. The van der Waals surface area contributed by atoms with Crippen LogP contribution in [0.4, 0.5) is 0 Å². The van der Waals surface area contributed by atoms with Gasteiger partial charge in [0.1, 0.15) is 5.75 Å². The van der Waals surface area contributed by atoms with Gasteiger partial charge in [0.05, 0.1) is 22.2 Å². The fourth-order valence-corrected chi connectivity index (χ4v) is 6.61. The second kappa shape index (κ2) is 6.84. The minimum atomic E-state index is -3.78. The third kappa shape index (κ3) is 3.22. The zero-order valence-corrected chi connectivity index (χ0v) is 16.6. The van der Waals surface area contributed by atoms with Crippen molar-refractivity contribution in [1.82, 2.24) is 4.31 Å². The first kappa shape index (κ1) is 19.2. The zero-order valence-electron chi connectivity index (χ0n) is 14.2. The summed E-state index contributed by atoms with van der Waals surface area (Å²) in [5, 5.41) is -0.417. The van der Waals surface area contributed by atoms with Gasteiger partial charge in [0.2, 0.25) is 10.0 Å². The molecule has 0 atom stereocenters. The van der Waals surface area contributed by atoms with Crippen molar-refractivity contribution >= 4 is 31.5 Å². The molecule has 1 fully saturated rings. The largest absolute Gasteiger partial charge is 0.497 e. The Labute approximate surface area is 158 Å². The summed E-state index contributed by atoms with van der Waals surface area (Å²) in [4.78, 5) is 0.254. The van der Waals surface area contributed by atoms with E-state index in [1.807, 2.05) is 0 Å². The molecule has 1 saturated heterocycles. The number of hydrogen-bond donors (Lipinski definition) is 0. The first-order valence-electron chi connectivity index (χ1n) is 7.81. The van der Waals surface area contributed by atoms with Crippen molar-refractivity contribution in [3.8, 4) is 5.75 Å². The summed E-state index contributed by atoms with van der Waals surface area (Å²) in [6.45, 7) is 1.46. The highest BCUT2D eigenvalue weighted by molar-refractivity contribution is 7.92. The number of sulfonamides is 1. The lowest BCUT2D eigenvalue weighted by Crippen LogP contribution is -2.56. The molecule has 3 rings (SSSR count). The number of benzene rings is 2. The number of sulfone groups is 1. The van der Waals surface area contributed by atoms with Gasteiger partial charge in [0.25, 0.3) is 0 Å². The van der Waals surface area contributed by atoms with E-state index >= 15 is 0 Å². The van der Waals surface area contributed by atoms with Gasteiger partial charge in [-0.25, -0.2) is 16.8 Å². The molecule has 0 amide bonds. The Bertz CT molecular complexity index is 1030.